The molecule has 2 N–H and O–H groups in total. The first-order chi connectivity index (χ1) is 7.72. The van der Waals surface area contributed by atoms with E-state index >= 15 is 0 Å². The zero-order valence-corrected chi connectivity index (χ0v) is 10.1. The van der Waals surface area contributed by atoms with Gasteiger partial charge in [0.25, 0.3) is 0 Å². The first-order valence-corrected chi connectivity index (χ1v) is 6.26. The number of aliphatic hydroxyl groups is 1. The van der Waals surface area contributed by atoms with Gasteiger partial charge in [0.15, 0.2) is 0 Å². The third-order valence-electron chi connectivity index (χ3n) is 3.00. The Morgan fingerprint density at radius 1 is 1.50 bits per heavy atom. The fraction of sp³-hybridized carbons (Fsp3) is 0.917. The van der Waals surface area contributed by atoms with E-state index in [0.717, 1.165) is 12.5 Å². The summed E-state index contributed by atoms with van der Waals surface area (Å²) in [6.45, 7) is 3.58. The molecule has 1 aliphatic rings. The van der Waals surface area contributed by atoms with E-state index in [-0.39, 0.29) is 12.4 Å². The van der Waals surface area contributed by atoms with Crippen LogP contribution in [0.3, 0.4) is 0 Å². The van der Waals surface area contributed by atoms with Gasteiger partial charge in [-0.25, -0.2) is 0 Å². The lowest BCUT2D eigenvalue weighted by molar-refractivity contribution is -0.145. The molecule has 1 fully saturated rings. The van der Waals surface area contributed by atoms with Gasteiger partial charge in [-0.1, -0.05) is 12.8 Å². The van der Waals surface area contributed by atoms with E-state index in [0.29, 0.717) is 13.2 Å². The van der Waals surface area contributed by atoms with Crippen molar-refractivity contribution in [3.63, 3.8) is 0 Å². The number of hydrogen-bond acceptors (Lipinski definition) is 4. The van der Waals surface area contributed by atoms with Crippen LogP contribution in [0.1, 0.15) is 39.0 Å². The molecule has 4 nitrogen and oxygen atoms in total. The number of rotatable bonds is 7. The third kappa shape index (κ3) is 5.47. The van der Waals surface area contributed by atoms with Crippen LogP contribution in [0.25, 0.3) is 0 Å². The summed E-state index contributed by atoms with van der Waals surface area (Å²) in [7, 11) is 0. The van der Waals surface area contributed by atoms with Crippen LogP contribution in [0.5, 0.6) is 0 Å². The van der Waals surface area contributed by atoms with E-state index < -0.39 is 6.10 Å². The third-order valence-corrected chi connectivity index (χ3v) is 3.00. The van der Waals surface area contributed by atoms with Crippen LogP contribution < -0.4 is 5.32 Å². The van der Waals surface area contributed by atoms with Crippen molar-refractivity contribution in [2.75, 3.05) is 19.7 Å². The second-order valence-electron chi connectivity index (χ2n) is 4.47. The van der Waals surface area contributed by atoms with Gasteiger partial charge in [-0.05, 0) is 32.2 Å². The van der Waals surface area contributed by atoms with Crippen molar-refractivity contribution in [1.82, 2.24) is 5.32 Å². The first kappa shape index (κ1) is 13.5. The summed E-state index contributed by atoms with van der Waals surface area (Å²) in [6, 6.07) is 0. The molecule has 1 aliphatic carbocycles. The Bertz CT molecular complexity index is 202. The lowest BCUT2D eigenvalue weighted by atomic mass is 10.1. The molecule has 0 aromatic rings. The normalized spacial score (nSPS) is 18.6. The Morgan fingerprint density at radius 3 is 2.81 bits per heavy atom. The van der Waals surface area contributed by atoms with E-state index in [4.69, 9.17) is 4.74 Å². The van der Waals surface area contributed by atoms with Crippen molar-refractivity contribution in [3.8, 4) is 0 Å². The fourth-order valence-corrected chi connectivity index (χ4v) is 2.15. The molecule has 0 aromatic carbocycles. The number of nitrogens with one attached hydrogen (secondary N) is 1. The summed E-state index contributed by atoms with van der Waals surface area (Å²) in [5, 5.41) is 12.8. The maximum Gasteiger partial charge on any atom is 0.308 e. The molecular formula is C12H23NO3. The average molecular weight is 229 g/mol. The predicted octanol–water partition coefficient (Wildman–Crippen LogP) is 1.08. The largest absolute Gasteiger partial charge is 0.466 e. The molecule has 0 heterocycles. The smallest absolute Gasteiger partial charge is 0.308 e. The summed E-state index contributed by atoms with van der Waals surface area (Å²) in [6.07, 6.45) is 4.71. The molecule has 4 heteroatoms. The summed E-state index contributed by atoms with van der Waals surface area (Å²) in [4.78, 5) is 11.1. The van der Waals surface area contributed by atoms with Crippen molar-refractivity contribution < 1.29 is 14.6 Å². The molecule has 16 heavy (non-hydrogen) atoms. The molecule has 1 rings (SSSR count). The molecule has 0 amide bonds. The number of hydrogen-bond donors (Lipinski definition) is 2. The van der Waals surface area contributed by atoms with Gasteiger partial charge in [-0.2, -0.15) is 0 Å². The Balaban J connectivity index is 2.00. The molecule has 1 saturated carbocycles. The molecule has 1 unspecified atom stereocenters. The Morgan fingerprint density at radius 2 is 2.19 bits per heavy atom. The highest BCUT2D eigenvalue weighted by molar-refractivity contribution is 5.69. The van der Waals surface area contributed by atoms with Crippen LogP contribution in [0.2, 0.25) is 0 Å². The highest BCUT2D eigenvalue weighted by Crippen LogP contribution is 2.23. The lowest BCUT2D eigenvalue weighted by Crippen LogP contribution is -2.32. The minimum absolute atomic E-state index is 0.0888. The van der Waals surface area contributed by atoms with Crippen molar-refractivity contribution in [2.24, 2.45) is 5.92 Å². The van der Waals surface area contributed by atoms with Crippen LogP contribution in [-0.4, -0.2) is 36.9 Å². The Labute approximate surface area is 97.4 Å². The van der Waals surface area contributed by atoms with Gasteiger partial charge in [0.1, 0.15) is 0 Å². The molecule has 94 valence electrons. The number of carbonyl (C=O) groups excluding carboxylic acids is 1. The molecular weight excluding hydrogens is 206 g/mol. The Kier molecular flexibility index (Phi) is 6.42. The maximum atomic E-state index is 11.1. The van der Waals surface area contributed by atoms with Crippen LogP contribution in [0.15, 0.2) is 0 Å². The van der Waals surface area contributed by atoms with Gasteiger partial charge in [-0.3, -0.25) is 4.79 Å². The van der Waals surface area contributed by atoms with E-state index in [2.05, 4.69) is 5.32 Å². The molecule has 0 aromatic heterocycles. The topological polar surface area (TPSA) is 58.6 Å². The lowest BCUT2D eigenvalue weighted by Gasteiger charge is -2.13. The summed E-state index contributed by atoms with van der Waals surface area (Å²) < 4.78 is 4.77. The maximum absolute atomic E-state index is 11.1. The number of carbonyl (C=O) groups is 1. The van der Waals surface area contributed by atoms with Crippen LogP contribution in [-0.2, 0) is 9.53 Å². The monoisotopic (exact) mass is 229 g/mol. The average Bonchev–Trinajstić information content (AvgIpc) is 2.70. The molecule has 0 bridgehead atoms. The van der Waals surface area contributed by atoms with E-state index in [1.807, 2.05) is 0 Å². The number of esters is 1. The second-order valence-corrected chi connectivity index (χ2v) is 4.47. The molecule has 0 aliphatic heterocycles. The van der Waals surface area contributed by atoms with E-state index in [1.165, 1.54) is 25.7 Å². The highest BCUT2D eigenvalue weighted by atomic mass is 16.5. The minimum atomic E-state index is -0.625. The zero-order valence-electron chi connectivity index (χ0n) is 10.1. The van der Waals surface area contributed by atoms with Crippen LogP contribution in [0.4, 0.5) is 0 Å². The fourth-order valence-electron chi connectivity index (χ4n) is 2.15. The van der Waals surface area contributed by atoms with Gasteiger partial charge in [0.2, 0.25) is 0 Å². The quantitative estimate of drug-likeness (QED) is 0.641. The molecule has 1 atom stereocenters. The summed E-state index contributed by atoms with van der Waals surface area (Å²) in [5.41, 5.74) is 0. The van der Waals surface area contributed by atoms with Gasteiger partial charge >= 0.3 is 5.97 Å². The minimum Gasteiger partial charge on any atom is -0.466 e. The van der Waals surface area contributed by atoms with Gasteiger partial charge in [-0.15, -0.1) is 0 Å². The van der Waals surface area contributed by atoms with Crippen molar-refractivity contribution >= 4 is 5.97 Å². The number of aliphatic hydroxyl groups excluding tert-OH is 1. The van der Waals surface area contributed by atoms with Gasteiger partial charge < -0.3 is 15.2 Å². The van der Waals surface area contributed by atoms with E-state index in [1.54, 1.807) is 6.92 Å². The van der Waals surface area contributed by atoms with Crippen molar-refractivity contribution in [1.29, 1.82) is 0 Å². The zero-order chi connectivity index (χ0) is 11.8. The summed E-state index contributed by atoms with van der Waals surface area (Å²) >= 11 is 0. The first-order valence-electron chi connectivity index (χ1n) is 6.26. The second kappa shape index (κ2) is 7.63. The predicted molar refractivity (Wildman–Crippen MR) is 62.1 cm³/mol. The summed E-state index contributed by atoms with van der Waals surface area (Å²) in [5.74, 6) is 0.437. The highest BCUT2D eigenvalue weighted by Gasteiger charge is 2.16. The Hall–Kier alpha value is -0.610. The van der Waals surface area contributed by atoms with Crippen LogP contribution in [0, 0.1) is 5.92 Å². The van der Waals surface area contributed by atoms with Crippen molar-refractivity contribution in [2.45, 2.75) is 45.1 Å². The molecule has 0 spiro atoms. The number of ether oxygens (including phenoxy) is 1. The molecule has 0 saturated heterocycles. The SMILES string of the molecule is CCOC(=O)CC(O)CNCC1CCCC1. The van der Waals surface area contributed by atoms with E-state index in [9.17, 15) is 9.90 Å². The van der Waals surface area contributed by atoms with Crippen molar-refractivity contribution in [3.05, 3.63) is 0 Å². The van der Waals surface area contributed by atoms with Gasteiger partial charge in [0, 0.05) is 6.54 Å². The standard InChI is InChI=1S/C12H23NO3/c1-2-16-12(15)7-11(14)9-13-8-10-5-3-4-6-10/h10-11,13-14H,2-9H2,1H3. The van der Waals surface area contributed by atoms with Crippen LogP contribution >= 0.6 is 0 Å². The molecule has 0 radical (unpaired) electrons. The van der Waals surface area contributed by atoms with Gasteiger partial charge in [0.05, 0.1) is 19.1 Å².